The summed E-state index contributed by atoms with van der Waals surface area (Å²) in [5, 5.41) is 0. The number of sulfonamides is 1. The fourth-order valence-electron chi connectivity index (χ4n) is 2.18. The van der Waals surface area contributed by atoms with Crippen molar-refractivity contribution in [3.63, 3.8) is 0 Å². The normalized spacial score (nSPS) is 11.3. The summed E-state index contributed by atoms with van der Waals surface area (Å²) in [6, 6.07) is 7.70. The molecule has 0 bridgehead atoms. The Kier molecular flexibility index (Phi) is 4.79. The topological polar surface area (TPSA) is 63.2 Å². The lowest BCUT2D eigenvalue weighted by Crippen LogP contribution is -2.32. The minimum absolute atomic E-state index is 0.00161. The molecule has 0 aliphatic rings. The first kappa shape index (κ1) is 17.1. The molecule has 23 heavy (non-hydrogen) atoms. The molecule has 0 spiro atoms. The van der Waals surface area contributed by atoms with Gasteiger partial charge < -0.3 is 0 Å². The van der Waals surface area contributed by atoms with Crippen molar-refractivity contribution in [1.29, 1.82) is 0 Å². The van der Waals surface area contributed by atoms with Crippen LogP contribution in [0.25, 0.3) is 0 Å². The molecule has 2 aromatic carbocycles. The van der Waals surface area contributed by atoms with Crippen molar-refractivity contribution in [3.05, 3.63) is 64.7 Å². The van der Waals surface area contributed by atoms with Crippen LogP contribution in [-0.2, 0) is 21.2 Å². The van der Waals surface area contributed by atoms with E-state index in [2.05, 4.69) is 0 Å². The molecule has 2 rings (SSSR count). The maximum absolute atomic E-state index is 13.1. The number of benzene rings is 2. The van der Waals surface area contributed by atoms with E-state index in [0.29, 0.717) is 5.56 Å². The second-order valence-corrected chi connectivity index (χ2v) is 6.87. The minimum Gasteiger partial charge on any atom is -0.274 e. The van der Waals surface area contributed by atoms with Crippen LogP contribution in [0.2, 0.25) is 0 Å². The van der Waals surface area contributed by atoms with Gasteiger partial charge in [0.25, 0.3) is 10.0 Å². The molecular formula is C16H15F2NO3S. The van der Waals surface area contributed by atoms with E-state index in [9.17, 15) is 22.0 Å². The highest BCUT2D eigenvalue weighted by molar-refractivity contribution is 7.90. The van der Waals surface area contributed by atoms with Gasteiger partial charge in [-0.15, -0.1) is 0 Å². The summed E-state index contributed by atoms with van der Waals surface area (Å²) < 4.78 is 52.3. The molecule has 0 unspecified atom stereocenters. The first-order valence-corrected chi connectivity index (χ1v) is 8.24. The molecule has 1 N–H and O–H groups in total. The lowest BCUT2D eigenvalue weighted by Gasteiger charge is -2.10. The third-order valence-electron chi connectivity index (χ3n) is 3.22. The first-order valence-electron chi connectivity index (χ1n) is 6.76. The Morgan fingerprint density at radius 2 is 1.74 bits per heavy atom. The highest BCUT2D eigenvalue weighted by atomic mass is 32.2. The number of nitrogens with one attached hydrogen (secondary N) is 1. The van der Waals surface area contributed by atoms with Crippen LogP contribution >= 0.6 is 0 Å². The SMILES string of the molecule is Cc1ccc(S(=O)(=O)NC(=O)Cc2ccc(F)c(F)c2)c(C)c1. The third kappa shape index (κ3) is 4.13. The van der Waals surface area contributed by atoms with E-state index in [1.54, 1.807) is 19.1 Å². The number of hydrogen-bond acceptors (Lipinski definition) is 3. The van der Waals surface area contributed by atoms with Crippen LogP contribution in [0.4, 0.5) is 8.78 Å². The number of halogens is 2. The summed E-state index contributed by atoms with van der Waals surface area (Å²) in [7, 11) is -4.01. The van der Waals surface area contributed by atoms with Crippen LogP contribution in [0, 0.1) is 25.5 Å². The number of carbonyl (C=O) groups excluding carboxylic acids is 1. The highest BCUT2D eigenvalue weighted by Crippen LogP contribution is 2.16. The van der Waals surface area contributed by atoms with Crippen molar-refractivity contribution in [2.75, 3.05) is 0 Å². The lowest BCUT2D eigenvalue weighted by molar-refractivity contribution is -0.118. The zero-order valence-corrected chi connectivity index (χ0v) is 13.4. The van der Waals surface area contributed by atoms with Gasteiger partial charge in [0.05, 0.1) is 11.3 Å². The molecule has 0 saturated heterocycles. The average molecular weight is 339 g/mol. The maximum atomic E-state index is 13.1. The summed E-state index contributed by atoms with van der Waals surface area (Å²) in [6.45, 7) is 3.45. The Morgan fingerprint density at radius 3 is 2.35 bits per heavy atom. The van der Waals surface area contributed by atoms with E-state index in [1.807, 2.05) is 11.6 Å². The molecule has 7 heteroatoms. The monoisotopic (exact) mass is 339 g/mol. The molecule has 0 aromatic heterocycles. The molecule has 0 aliphatic heterocycles. The first-order chi connectivity index (χ1) is 10.7. The standard InChI is InChI=1S/C16H15F2NO3S/c1-10-3-6-15(11(2)7-10)23(21,22)19-16(20)9-12-4-5-13(17)14(18)8-12/h3-8H,9H2,1-2H3,(H,19,20). The highest BCUT2D eigenvalue weighted by Gasteiger charge is 2.20. The van der Waals surface area contributed by atoms with Crippen molar-refractivity contribution in [2.24, 2.45) is 0 Å². The largest absolute Gasteiger partial charge is 0.274 e. The summed E-state index contributed by atoms with van der Waals surface area (Å²) >= 11 is 0. The quantitative estimate of drug-likeness (QED) is 0.931. The third-order valence-corrected chi connectivity index (χ3v) is 4.75. The molecular weight excluding hydrogens is 324 g/mol. The fraction of sp³-hybridized carbons (Fsp3) is 0.188. The van der Waals surface area contributed by atoms with Crippen LogP contribution in [0.15, 0.2) is 41.3 Å². The van der Waals surface area contributed by atoms with Crippen LogP contribution < -0.4 is 4.72 Å². The minimum atomic E-state index is -4.01. The van der Waals surface area contributed by atoms with Crippen molar-refractivity contribution in [2.45, 2.75) is 25.2 Å². The predicted octanol–water partition coefficient (Wildman–Crippen LogP) is 2.63. The van der Waals surface area contributed by atoms with Gasteiger partial charge in [-0.1, -0.05) is 23.8 Å². The van der Waals surface area contributed by atoms with Gasteiger partial charge in [-0.05, 0) is 43.2 Å². The van der Waals surface area contributed by atoms with Crippen molar-refractivity contribution >= 4 is 15.9 Å². The summed E-state index contributed by atoms with van der Waals surface area (Å²) in [5.41, 5.74) is 1.59. The van der Waals surface area contributed by atoms with E-state index in [1.165, 1.54) is 12.1 Å². The predicted molar refractivity (Wildman–Crippen MR) is 81.3 cm³/mol. The van der Waals surface area contributed by atoms with Crippen molar-refractivity contribution in [1.82, 2.24) is 4.72 Å². The van der Waals surface area contributed by atoms with Crippen LogP contribution in [0.1, 0.15) is 16.7 Å². The van der Waals surface area contributed by atoms with Gasteiger partial charge in [0, 0.05) is 0 Å². The smallest absolute Gasteiger partial charge is 0.264 e. The molecule has 0 radical (unpaired) electrons. The average Bonchev–Trinajstić information content (AvgIpc) is 2.41. The second kappa shape index (κ2) is 6.45. The van der Waals surface area contributed by atoms with Crippen LogP contribution in [0.5, 0.6) is 0 Å². The van der Waals surface area contributed by atoms with Gasteiger partial charge in [0.15, 0.2) is 11.6 Å². The van der Waals surface area contributed by atoms with Gasteiger partial charge in [-0.3, -0.25) is 4.79 Å². The molecule has 122 valence electrons. The zero-order valence-electron chi connectivity index (χ0n) is 12.6. The van der Waals surface area contributed by atoms with Gasteiger partial charge >= 0.3 is 0 Å². The Bertz CT molecular complexity index is 864. The molecule has 2 aromatic rings. The molecule has 0 saturated carbocycles. The fourth-order valence-corrected chi connectivity index (χ4v) is 3.39. The molecule has 0 atom stereocenters. The number of amides is 1. The Morgan fingerprint density at radius 1 is 1.04 bits per heavy atom. The molecule has 0 fully saturated rings. The van der Waals surface area contributed by atoms with Gasteiger partial charge in [-0.2, -0.15) is 0 Å². The van der Waals surface area contributed by atoms with Crippen LogP contribution in [0.3, 0.4) is 0 Å². The van der Waals surface area contributed by atoms with Gasteiger partial charge in [0.2, 0.25) is 5.91 Å². The summed E-state index contributed by atoms with van der Waals surface area (Å²) in [4.78, 5) is 11.9. The lowest BCUT2D eigenvalue weighted by atomic mass is 10.1. The number of carbonyl (C=O) groups is 1. The van der Waals surface area contributed by atoms with E-state index >= 15 is 0 Å². The van der Waals surface area contributed by atoms with Crippen LogP contribution in [-0.4, -0.2) is 14.3 Å². The van der Waals surface area contributed by atoms with E-state index in [4.69, 9.17) is 0 Å². The van der Waals surface area contributed by atoms with Gasteiger partial charge in [0.1, 0.15) is 0 Å². The summed E-state index contributed by atoms with van der Waals surface area (Å²) in [6.07, 6.45) is -0.374. The molecule has 0 heterocycles. The molecule has 4 nitrogen and oxygen atoms in total. The van der Waals surface area contributed by atoms with E-state index in [-0.39, 0.29) is 16.9 Å². The Labute approximate surface area is 133 Å². The number of rotatable bonds is 4. The Hall–Kier alpha value is -2.28. The van der Waals surface area contributed by atoms with Crippen molar-refractivity contribution in [3.8, 4) is 0 Å². The van der Waals surface area contributed by atoms with Crippen molar-refractivity contribution < 1.29 is 22.0 Å². The maximum Gasteiger partial charge on any atom is 0.264 e. The Balaban J connectivity index is 2.16. The second-order valence-electron chi connectivity index (χ2n) is 5.22. The number of aryl methyl sites for hydroxylation is 2. The zero-order chi connectivity index (χ0) is 17.2. The summed E-state index contributed by atoms with van der Waals surface area (Å²) in [5.74, 6) is -2.94. The van der Waals surface area contributed by atoms with E-state index in [0.717, 1.165) is 17.7 Å². The van der Waals surface area contributed by atoms with E-state index < -0.39 is 27.6 Å². The molecule has 1 amide bonds. The van der Waals surface area contributed by atoms with Gasteiger partial charge in [-0.25, -0.2) is 21.9 Å². The number of hydrogen-bond donors (Lipinski definition) is 1. The molecule has 0 aliphatic carbocycles.